The first-order valence-electron chi connectivity index (χ1n) is 14.1. The zero-order chi connectivity index (χ0) is 27.5. The number of fused-ring (bicyclic) bond motifs is 1. The number of carbonyl (C=O) groups is 2. The fourth-order valence-corrected chi connectivity index (χ4v) is 4.98. The summed E-state index contributed by atoms with van der Waals surface area (Å²) in [6, 6.07) is 0.855. The first kappa shape index (κ1) is 27.2. The largest absolute Gasteiger partial charge is 0.444 e. The Morgan fingerprint density at radius 1 is 1.05 bits per heavy atom. The number of nitrogens with one attached hydrogen (secondary N) is 2. The SMILES string of the molecule is CC(C)n1cnc2c(NC3CCN(C(=O)O[C@H]4CCN(C(=O)/C=C/CN(C)C)C4)CC3)nc(NC3CC3)nc21. The number of carbonyl (C=O) groups excluding carboxylic acids is 2. The molecule has 12 heteroatoms. The Hall–Kier alpha value is -3.41. The van der Waals surface area contributed by atoms with Gasteiger partial charge in [0.25, 0.3) is 0 Å². The van der Waals surface area contributed by atoms with Gasteiger partial charge < -0.3 is 34.6 Å². The summed E-state index contributed by atoms with van der Waals surface area (Å²) >= 11 is 0. The molecule has 39 heavy (non-hydrogen) atoms. The number of rotatable bonds is 9. The number of piperidine rings is 1. The first-order chi connectivity index (χ1) is 18.8. The van der Waals surface area contributed by atoms with Gasteiger partial charge in [0, 0.05) is 56.8 Å². The predicted octanol–water partition coefficient (Wildman–Crippen LogP) is 2.71. The summed E-state index contributed by atoms with van der Waals surface area (Å²) in [6.45, 7) is 7.19. The summed E-state index contributed by atoms with van der Waals surface area (Å²) in [5.74, 6) is 1.34. The van der Waals surface area contributed by atoms with Crippen LogP contribution in [-0.4, -0.2) is 111 Å². The van der Waals surface area contributed by atoms with Gasteiger partial charge in [0.15, 0.2) is 17.0 Å². The number of likely N-dealkylation sites (tertiary alicyclic amines) is 2. The molecule has 2 aliphatic heterocycles. The highest BCUT2D eigenvalue weighted by Gasteiger charge is 2.31. The van der Waals surface area contributed by atoms with Crippen LogP contribution in [0.5, 0.6) is 0 Å². The summed E-state index contributed by atoms with van der Waals surface area (Å²) in [4.78, 5) is 44.9. The lowest BCUT2D eigenvalue weighted by Gasteiger charge is -2.32. The molecule has 2 N–H and O–H groups in total. The molecule has 0 bridgehead atoms. The maximum atomic E-state index is 12.9. The molecule has 1 aliphatic carbocycles. The molecule has 0 aromatic carbocycles. The number of hydrogen-bond donors (Lipinski definition) is 2. The Morgan fingerprint density at radius 3 is 2.46 bits per heavy atom. The van der Waals surface area contributed by atoms with Gasteiger partial charge in [0.2, 0.25) is 11.9 Å². The number of amides is 2. The molecule has 5 rings (SSSR count). The Morgan fingerprint density at radius 2 is 1.77 bits per heavy atom. The lowest BCUT2D eigenvalue weighted by Crippen LogP contribution is -2.44. The first-order valence-corrected chi connectivity index (χ1v) is 14.1. The molecule has 12 nitrogen and oxygen atoms in total. The number of anilines is 2. The molecule has 2 amide bonds. The van der Waals surface area contributed by atoms with E-state index < -0.39 is 0 Å². The molecule has 2 saturated heterocycles. The highest BCUT2D eigenvalue weighted by Crippen LogP contribution is 2.28. The second kappa shape index (κ2) is 11.8. The predicted molar refractivity (Wildman–Crippen MR) is 150 cm³/mol. The van der Waals surface area contributed by atoms with E-state index in [9.17, 15) is 9.59 Å². The van der Waals surface area contributed by atoms with E-state index >= 15 is 0 Å². The number of nitrogens with zero attached hydrogens (tertiary/aromatic N) is 7. The zero-order valence-electron chi connectivity index (χ0n) is 23.5. The number of imidazole rings is 1. The number of hydrogen-bond acceptors (Lipinski definition) is 9. The second-order valence-corrected chi connectivity index (χ2v) is 11.4. The molecule has 4 heterocycles. The third kappa shape index (κ3) is 6.78. The lowest BCUT2D eigenvalue weighted by molar-refractivity contribution is -0.125. The van der Waals surface area contributed by atoms with Gasteiger partial charge in [-0.05, 0) is 53.6 Å². The van der Waals surface area contributed by atoms with Crippen molar-refractivity contribution in [2.75, 3.05) is 57.5 Å². The number of likely N-dealkylation sites (N-methyl/N-ethyl adjacent to an activating group) is 1. The molecule has 3 aliphatic rings. The molecule has 3 fully saturated rings. The topological polar surface area (TPSA) is 121 Å². The minimum Gasteiger partial charge on any atom is -0.444 e. The third-order valence-corrected chi connectivity index (χ3v) is 7.44. The van der Waals surface area contributed by atoms with Crippen LogP contribution in [0, 0.1) is 0 Å². The van der Waals surface area contributed by atoms with Crippen molar-refractivity contribution in [1.82, 2.24) is 34.2 Å². The van der Waals surface area contributed by atoms with Gasteiger partial charge in [0.05, 0.1) is 12.9 Å². The molecular formula is C27H41N9O3. The van der Waals surface area contributed by atoms with Crippen LogP contribution in [0.2, 0.25) is 0 Å². The molecule has 2 aromatic heterocycles. The molecule has 0 spiro atoms. The van der Waals surface area contributed by atoms with E-state index in [0.717, 1.165) is 42.7 Å². The standard InChI is InChI=1S/C27H41N9O3/c1-18(2)36-17-28-23-24(31-26(32-25(23)36)30-19-7-8-19)29-20-9-13-34(14-10-20)27(38)39-21-11-15-35(16-21)22(37)6-5-12-33(3)4/h5-6,17-21H,7-16H2,1-4H3,(H2,29,30,31,32)/b6-5+/t21-/m0/s1. The quantitative estimate of drug-likeness (QED) is 0.463. The minimum atomic E-state index is -0.299. The molecule has 0 radical (unpaired) electrons. The Labute approximate surface area is 229 Å². The van der Waals surface area contributed by atoms with Crippen molar-refractivity contribution >= 4 is 34.9 Å². The van der Waals surface area contributed by atoms with Crippen LogP contribution in [0.15, 0.2) is 18.5 Å². The summed E-state index contributed by atoms with van der Waals surface area (Å²) in [5, 5.41) is 7.00. The summed E-state index contributed by atoms with van der Waals surface area (Å²) in [6.07, 6.45) is 9.24. The van der Waals surface area contributed by atoms with E-state index in [4.69, 9.17) is 14.7 Å². The molecule has 0 unspecified atom stereocenters. The summed E-state index contributed by atoms with van der Waals surface area (Å²) < 4.78 is 7.83. The zero-order valence-corrected chi connectivity index (χ0v) is 23.5. The second-order valence-electron chi connectivity index (χ2n) is 11.4. The molecule has 2 aromatic rings. The summed E-state index contributed by atoms with van der Waals surface area (Å²) in [5.41, 5.74) is 1.59. The summed E-state index contributed by atoms with van der Waals surface area (Å²) in [7, 11) is 3.91. The Kier molecular flexibility index (Phi) is 8.20. The highest BCUT2D eigenvalue weighted by molar-refractivity contribution is 5.88. The average Bonchev–Trinajstić information content (AvgIpc) is 3.40. The van der Waals surface area contributed by atoms with Crippen LogP contribution >= 0.6 is 0 Å². The van der Waals surface area contributed by atoms with Gasteiger partial charge in [-0.25, -0.2) is 9.78 Å². The average molecular weight is 540 g/mol. The Bertz CT molecular complexity index is 1200. The maximum absolute atomic E-state index is 12.9. The van der Waals surface area contributed by atoms with E-state index in [0.29, 0.717) is 51.1 Å². The van der Waals surface area contributed by atoms with Crippen molar-refractivity contribution in [2.24, 2.45) is 0 Å². The lowest BCUT2D eigenvalue weighted by atomic mass is 10.1. The van der Waals surface area contributed by atoms with Gasteiger partial charge >= 0.3 is 6.09 Å². The van der Waals surface area contributed by atoms with Crippen molar-refractivity contribution in [2.45, 2.75) is 70.2 Å². The van der Waals surface area contributed by atoms with Gasteiger partial charge in [-0.15, -0.1) is 0 Å². The highest BCUT2D eigenvalue weighted by atomic mass is 16.6. The Balaban J connectivity index is 1.13. The van der Waals surface area contributed by atoms with Crippen LogP contribution in [0.25, 0.3) is 11.2 Å². The van der Waals surface area contributed by atoms with Crippen molar-refractivity contribution < 1.29 is 14.3 Å². The van der Waals surface area contributed by atoms with Crippen molar-refractivity contribution in [1.29, 1.82) is 0 Å². The molecule has 212 valence electrons. The monoisotopic (exact) mass is 539 g/mol. The number of ether oxygens (including phenoxy) is 1. The van der Waals surface area contributed by atoms with Crippen molar-refractivity contribution in [3.63, 3.8) is 0 Å². The fourth-order valence-electron chi connectivity index (χ4n) is 4.98. The van der Waals surface area contributed by atoms with Gasteiger partial charge in [-0.1, -0.05) is 6.08 Å². The molecular weight excluding hydrogens is 498 g/mol. The molecule has 1 atom stereocenters. The van der Waals surface area contributed by atoms with Crippen LogP contribution in [0.3, 0.4) is 0 Å². The number of aromatic nitrogens is 4. The fraction of sp³-hybridized carbons (Fsp3) is 0.667. The van der Waals surface area contributed by atoms with E-state index in [-0.39, 0.29) is 30.2 Å². The van der Waals surface area contributed by atoms with Gasteiger partial charge in [-0.3, -0.25) is 4.79 Å². The van der Waals surface area contributed by atoms with E-state index in [1.165, 1.54) is 0 Å². The van der Waals surface area contributed by atoms with Crippen molar-refractivity contribution in [3.05, 3.63) is 18.5 Å². The third-order valence-electron chi connectivity index (χ3n) is 7.44. The van der Waals surface area contributed by atoms with Crippen molar-refractivity contribution in [3.8, 4) is 0 Å². The van der Waals surface area contributed by atoms with Gasteiger partial charge in [0.1, 0.15) is 6.10 Å². The van der Waals surface area contributed by atoms with Crippen LogP contribution in [0.1, 0.15) is 52.0 Å². The molecule has 1 saturated carbocycles. The van der Waals surface area contributed by atoms with Crippen LogP contribution in [-0.2, 0) is 9.53 Å². The maximum Gasteiger partial charge on any atom is 0.410 e. The van der Waals surface area contributed by atoms with E-state index in [1.54, 1.807) is 15.9 Å². The van der Waals surface area contributed by atoms with E-state index in [1.807, 2.05) is 31.4 Å². The van der Waals surface area contributed by atoms with Gasteiger partial charge in [-0.2, -0.15) is 9.97 Å². The van der Waals surface area contributed by atoms with Crippen LogP contribution < -0.4 is 10.6 Å². The van der Waals surface area contributed by atoms with Crippen LogP contribution in [0.4, 0.5) is 16.6 Å². The van der Waals surface area contributed by atoms with E-state index in [2.05, 4.69) is 34.0 Å². The normalized spacial score (nSPS) is 20.5. The minimum absolute atomic E-state index is 0.0326. The smallest absolute Gasteiger partial charge is 0.410 e.